The summed E-state index contributed by atoms with van der Waals surface area (Å²) in [5.41, 5.74) is 9.95. The molecule has 3 heterocycles. The minimum atomic E-state index is 0.487. The second kappa shape index (κ2) is 10.2. The average molecular weight is 625 g/mol. The molecule has 0 aliphatic rings. The van der Waals surface area contributed by atoms with Gasteiger partial charge in [-0.3, -0.25) is 0 Å². The number of rotatable bonds is 3. The number of fused-ring (bicyclic) bond motifs is 10. The van der Waals surface area contributed by atoms with Crippen LogP contribution >= 0.6 is 0 Å². The van der Waals surface area contributed by atoms with Gasteiger partial charge < -0.3 is 13.6 Å². The molecule has 0 atom stereocenters. The van der Waals surface area contributed by atoms with Crippen LogP contribution in [0.3, 0.4) is 0 Å². The van der Waals surface area contributed by atoms with Gasteiger partial charge in [0.15, 0.2) is 5.58 Å². The van der Waals surface area contributed by atoms with Gasteiger partial charge >= 0.3 is 0 Å². The van der Waals surface area contributed by atoms with Crippen LogP contribution in [0.15, 0.2) is 150 Å². The second-order valence-electron chi connectivity index (χ2n) is 12.3. The molecule has 5 heteroatoms. The fourth-order valence-corrected chi connectivity index (χ4v) is 7.70. The Labute approximate surface area is 280 Å². The Morgan fingerprint density at radius 1 is 0.429 bits per heavy atom. The lowest BCUT2D eigenvalue weighted by molar-refractivity contribution is 0.671. The molecule has 5 nitrogen and oxygen atoms in total. The topological polar surface area (TPSA) is 70.6 Å². The van der Waals surface area contributed by atoms with Crippen molar-refractivity contribution in [2.75, 3.05) is 0 Å². The van der Waals surface area contributed by atoms with E-state index in [1.165, 1.54) is 0 Å². The lowest BCUT2D eigenvalue weighted by atomic mass is 9.95. The lowest BCUT2D eigenvalue weighted by Crippen LogP contribution is -1.98. The van der Waals surface area contributed by atoms with Crippen molar-refractivity contribution < 1.29 is 4.42 Å². The van der Waals surface area contributed by atoms with E-state index in [0.29, 0.717) is 16.7 Å². The Morgan fingerprint density at radius 3 is 1.49 bits per heavy atom. The first-order chi connectivity index (χ1) is 24.2. The van der Waals surface area contributed by atoms with Crippen LogP contribution in [0.25, 0.3) is 88.1 Å². The summed E-state index contributed by atoms with van der Waals surface area (Å²) in [7, 11) is 0. The summed E-state index contributed by atoms with van der Waals surface area (Å²) >= 11 is 0. The first-order valence-corrected chi connectivity index (χ1v) is 16.1. The van der Waals surface area contributed by atoms with Gasteiger partial charge in [0.1, 0.15) is 5.58 Å². The summed E-state index contributed by atoms with van der Waals surface area (Å²) in [6.07, 6.45) is 0. The summed E-state index contributed by atoms with van der Waals surface area (Å²) < 4.78 is 10.9. The third-order valence-electron chi connectivity index (χ3n) is 9.81. The number of nitriles is 2. The monoisotopic (exact) mass is 624 g/mol. The van der Waals surface area contributed by atoms with Crippen molar-refractivity contribution in [2.45, 2.75) is 0 Å². The van der Waals surface area contributed by atoms with Gasteiger partial charge in [-0.25, -0.2) is 0 Å². The Morgan fingerprint density at radius 2 is 0.898 bits per heavy atom. The molecule has 0 radical (unpaired) electrons. The zero-order valence-electron chi connectivity index (χ0n) is 26.1. The first kappa shape index (κ1) is 27.1. The van der Waals surface area contributed by atoms with E-state index in [1.54, 1.807) is 0 Å². The van der Waals surface area contributed by atoms with Crippen molar-refractivity contribution in [3.63, 3.8) is 0 Å². The number of furan rings is 1. The Balaban J connectivity index is 1.17. The molecule has 0 saturated carbocycles. The molecule has 10 aromatic rings. The highest BCUT2D eigenvalue weighted by atomic mass is 16.3. The van der Waals surface area contributed by atoms with Gasteiger partial charge in [0, 0.05) is 54.8 Å². The molecule has 10 rings (SSSR count). The number of nitrogens with zero attached hydrogens (tertiary/aromatic N) is 4. The summed E-state index contributed by atoms with van der Waals surface area (Å²) in [6.45, 7) is 0. The predicted octanol–water partition coefficient (Wildman–Crippen LogP) is 11.2. The van der Waals surface area contributed by atoms with E-state index < -0.39 is 0 Å². The van der Waals surface area contributed by atoms with E-state index in [0.717, 1.165) is 82.5 Å². The third kappa shape index (κ3) is 3.79. The van der Waals surface area contributed by atoms with Crippen molar-refractivity contribution in [3.05, 3.63) is 157 Å². The fraction of sp³-hybridized carbons (Fsp3) is 0. The van der Waals surface area contributed by atoms with Crippen LogP contribution in [-0.4, -0.2) is 9.13 Å². The molecule has 226 valence electrons. The van der Waals surface area contributed by atoms with Gasteiger partial charge in [0.25, 0.3) is 0 Å². The Hall–Kier alpha value is -7.08. The van der Waals surface area contributed by atoms with E-state index >= 15 is 0 Å². The SMILES string of the molecule is N#Cc1cc(-n2c3ccccc3c3ccccc32)ccc1-c1ccc(-n2c3ccccc3c3ccc4c5ccccc5oc4c32)cc1C#N. The molecule has 0 amide bonds. The van der Waals surface area contributed by atoms with E-state index in [9.17, 15) is 10.5 Å². The normalized spacial score (nSPS) is 11.6. The summed E-state index contributed by atoms with van der Waals surface area (Å²) in [6, 6.07) is 54.1. The highest BCUT2D eigenvalue weighted by Gasteiger charge is 2.21. The van der Waals surface area contributed by atoms with Crippen LogP contribution in [0, 0.1) is 22.7 Å². The molecule has 0 aliphatic carbocycles. The van der Waals surface area contributed by atoms with E-state index in [2.05, 4.69) is 88.0 Å². The maximum atomic E-state index is 10.5. The maximum Gasteiger partial charge on any atom is 0.160 e. The second-order valence-corrected chi connectivity index (χ2v) is 12.3. The zero-order valence-corrected chi connectivity index (χ0v) is 26.1. The summed E-state index contributed by atoms with van der Waals surface area (Å²) in [5, 5.41) is 27.6. The average Bonchev–Trinajstić information content (AvgIpc) is 3.82. The van der Waals surface area contributed by atoms with Gasteiger partial charge in [0.05, 0.1) is 45.3 Å². The highest BCUT2D eigenvalue weighted by molar-refractivity contribution is 6.21. The van der Waals surface area contributed by atoms with Crippen molar-refractivity contribution in [1.29, 1.82) is 10.5 Å². The molecule has 0 unspecified atom stereocenters. The standard InChI is InChI=1S/C44H24N4O/c45-25-27-23-29(47-39-13-5-1-9-33(39)34-10-2-6-14-40(34)47)17-19-31(27)32-20-18-30(24-28(32)26-46)48-41-15-7-3-11-35(41)37-21-22-38-36-12-4-8-16-42(36)49-44(38)43(37)48/h1-24H. The van der Waals surface area contributed by atoms with Crippen molar-refractivity contribution in [2.24, 2.45) is 0 Å². The quantitative estimate of drug-likeness (QED) is 0.196. The number of para-hydroxylation sites is 4. The smallest absolute Gasteiger partial charge is 0.160 e. The van der Waals surface area contributed by atoms with Gasteiger partial charge in [0.2, 0.25) is 0 Å². The van der Waals surface area contributed by atoms with Crippen LogP contribution in [0.2, 0.25) is 0 Å². The van der Waals surface area contributed by atoms with Crippen LogP contribution in [0.5, 0.6) is 0 Å². The molecular weight excluding hydrogens is 601 g/mol. The molecule has 3 aromatic heterocycles. The first-order valence-electron chi connectivity index (χ1n) is 16.1. The van der Waals surface area contributed by atoms with Crippen molar-refractivity contribution in [1.82, 2.24) is 9.13 Å². The minimum absolute atomic E-state index is 0.487. The molecule has 49 heavy (non-hydrogen) atoms. The Kier molecular flexibility index (Phi) is 5.64. The molecule has 0 N–H and O–H groups in total. The van der Waals surface area contributed by atoms with Crippen molar-refractivity contribution in [3.8, 4) is 34.6 Å². The Bertz CT molecular complexity index is 3030. The number of hydrogen-bond acceptors (Lipinski definition) is 3. The number of aromatic nitrogens is 2. The van der Waals surface area contributed by atoms with E-state index in [1.807, 2.05) is 78.9 Å². The highest BCUT2D eigenvalue weighted by Crippen LogP contribution is 2.41. The van der Waals surface area contributed by atoms with E-state index in [-0.39, 0.29) is 0 Å². The van der Waals surface area contributed by atoms with Crippen LogP contribution in [-0.2, 0) is 0 Å². The lowest BCUT2D eigenvalue weighted by Gasteiger charge is -2.14. The van der Waals surface area contributed by atoms with E-state index in [4.69, 9.17) is 4.42 Å². The minimum Gasteiger partial charge on any atom is -0.454 e. The van der Waals surface area contributed by atoms with Crippen LogP contribution < -0.4 is 0 Å². The fourth-order valence-electron chi connectivity index (χ4n) is 7.70. The van der Waals surface area contributed by atoms with Gasteiger partial charge in [-0.1, -0.05) is 91.0 Å². The molecule has 0 saturated heterocycles. The molecule has 0 spiro atoms. The molecule has 7 aromatic carbocycles. The van der Waals surface area contributed by atoms with Crippen LogP contribution in [0.4, 0.5) is 0 Å². The summed E-state index contributed by atoms with van der Waals surface area (Å²) in [5.74, 6) is 0. The molecule has 0 bridgehead atoms. The largest absolute Gasteiger partial charge is 0.454 e. The summed E-state index contributed by atoms with van der Waals surface area (Å²) in [4.78, 5) is 0. The zero-order chi connectivity index (χ0) is 32.6. The van der Waals surface area contributed by atoms with Crippen molar-refractivity contribution >= 4 is 65.6 Å². The molecule has 0 aliphatic heterocycles. The maximum absolute atomic E-state index is 10.5. The van der Waals surface area contributed by atoms with Gasteiger partial charge in [-0.05, 0) is 54.6 Å². The number of hydrogen-bond donors (Lipinski definition) is 0. The van der Waals surface area contributed by atoms with Gasteiger partial charge in [-0.15, -0.1) is 0 Å². The predicted molar refractivity (Wildman–Crippen MR) is 197 cm³/mol. The molecular formula is C44H24N4O. The van der Waals surface area contributed by atoms with Gasteiger partial charge in [-0.2, -0.15) is 10.5 Å². The van der Waals surface area contributed by atoms with Crippen LogP contribution in [0.1, 0.15) is 11.1 Å². The molecule has 0 fully saturated rings. The third-order valence-corrected chi connectivity index (χ3v) is 9.81. The number of benzene rings is 7.